The van der Waals surface area contributed by atoms with Gasteiger partial charge < -0.3 is 5.73 Å². The third kappa shape index (κ3) is 3.32. The molecule has 6 heteroatoms. The van der Waals surface area contributed by atoms with Gasteiger partial charge in [0.15, 0.2) is 5.13 Å². The average Bonchev–Trinajstić information content (AvgIpc) is 2.88. The van der Waals surface area contributed by atoms with Gasteiger partial charge in [-0.2, -0.15) is 0 Å². The van der Waals surface area contributed by atoms with Crippen LogP contribution in [0.15, 0.2) is 5.38 Å². The molecule has 0 aliphatic carbocycles. The van der Waals surface area contributed by atoms with Crippen LogP contribution in [0.2, 0.25) is 0 Å². The monoisotopic (exact) mass is 282 g/mol. The minimum absolute atomic E-state index is 0.0419. The Morgan fingerprint density at radius 2 is 2.37 bits per heavy atom. The Labute approximate surface area is 118 Å². The Hall–Kier alpha value is -0.980. The van der Waals surface area contributed by atoms with Crippen LogP contribution >= 0.6 is 11.3 Å². The summed E-state index contributed by atoms with van der Waals surface area (Å²) in [5.74, 6) is 0.586. The van der Waals surface area contributed by atoms with E-state index in [4.69, 9.17) is 5.73 Å². The van der Waals surface area contributed by atoms with Crippen molar-refractivity contribution in [3.8, 4) is 0 Å². The lowest BCUT2D eigenvalue weighted by molar-refractivity contribution is -0.116. The highest BCUT2D eigenvalue weighted by atomic mass is 32.1. The number of nitrogens with two attached hydrogens (primary N) is 1. The normalized spacial score (nSPS) is 23.8. The lowest BCUT2D eigenvalue weighted by Crippen LogP contribution is -2.29. The first-order chi connectivity index (χ1) is 9.01. The first-order valence-corrected chi connectivity index (χ1v) is 7.59. The number of hydrogen-bond donors (Lipinski definition) is 1. The van der Waals surface area contributed by atoms with Crippen LogP contribution in [-0.2, 0) is 11.3 Å². The number of amides is 1. The van der Waals surface area contributed by atoms with E-state index in [2.05, 4.69) is 16.8 Å². The van der Waals surface area contributed by atoms with E-state index in [1.54, 1.807) is 11.8 Å². The highest BCUT2D eigenvalue weighted by Gasteiger charge is 2.27. The molecule has 0 radical (unpaired) electrons. The minimum atomic E-state index is 0.0419. The molecule has 2 heterocycles. The molecule has 1 saturated heterocycles. The number of likely N-dealkylation sites (tertiary alicyclic amines) is 1. The number of anilines is 1. The summed E-state index contributed by atoms with van der Waals surface area (Å²) >= 11 is 1.53. The van der Waals surface area contributed by atoms with Crippen LogP contribution in [0.5, 0.6) is 0 Å². The largest absolute Gasteiger partial charge is 0.326 e. The summed E-state index contributed by atoms with van der Waals surface area (Å²) in [6.07, 6.45) is 0. The third-order valence-electron chi connectivity index (χ3n) is 3.60. The van der Waals surface area contributed by atoms with Gasteiger partial charge in [-0.1, -0.05) is 6.92 Å². The molecule has 0 bridgehead atoms. The number of hydrogen-bond acceptors (Lipinski definition) is 5. The van der Waals surface area contributed by atoms with Gasteiger partial charge in [-0.25, -0.2) is 4.98 Å². The van der Waals surface area contributed by atoms with Crippen molar-refractivity contribution in [2.75, 3.05) is 24.5 Å². The van der Waals surface area contributed by atoms with E-state index in [-0.39, 0.29) is 11.9 Å². The molecule has 0 spiro atoms. The first-order valence-electron chi connectivity index (χ1n) is 6.71. The molecule has 2 N–H and O–H groups in total. The fraction of sp³-hybridized carbons (Fsp3) is 0.692. The molecule has 1 aliphatic rings. The Morgan fingerprint density at radius 3 is 2.89 bits per heavy atom. The molecular weight excluding hydrogens is 260 g/mol. The zero-order chi connectivity index (χ0) is 14.0. The third-order valence-corrected chi connectivity index (χ3v) is 4.51. The second-order valence-corrected chi connectivity index (χ2v) is 6.06. The summed E-state index contributed by atoms with van der Waals surface area (Å²) in [4.78, 5) is 20.1. The van der Waals surface area contributed by atoms with Crippen LogP contribution in [0.1, 0.15) is 26.5 Å². The van der Waals surface area contributed by atoms with Crippen LogP contribution in [0.3, 0.4) is 0 Å². The highest BCUT2D eigenvalue weighted by Crippen LogP contribution is 2.23. The molecule has 1 amide bonds. The maximum Gasteiger partial charge on any atom is 0.225 e. The second kappa shape index (κ2) is 5.98. The van der Waals surface area contributed by atoms with Gasteiger partial charge in [0.2, 0.25) is 5.91 Å². The molecule has 1 fully saturated rings. The van der Waals surface area contributed by atoms with Gasteiger partial charge in [0.1, 0.15) is 0 Å². The standard InChI is InChI=1S/C13H22N4OS/c1-4-17(10(3)18)13-15-11(8-19-13)6-16-5-9(2)12(14)7-16/h8-9,12H,4-7,14H2,1-3H3. The summed E-state index contributed by atoms with van der Waals surface area (Å²) in [6, 6.07) is 0.266. The lowest BCUT2D eigenvalue weighted by Gasteiger charge is -2.15. The summed E-state index contributed by atoms with van der Waals surface area (Å²) < 4.78 is 0. The van der Waals surface area contributed by atoms with E-state index < -0.39 is 0 Å². The molecule has 0 saturated carbocycles. The Balaban J connectivity index is 2.00. The minimum Gasteiger partial charge on any atom is -0.326 e. The average molecular weight is 282 g/mol. The van der Waals surface area contributed by atoms with E-state index in [1.165, 1.54) is 11.3 Å². The van der Waals surface area contributed by atoms with Gasteiger partial charge in [-0.3, -0.25) is 14.6 Å². The number of carbonyl (C=O) groups is 1. The predicted octanol–water partition coefficient (Wildman–Crippen LogP) is 1.29. The Morgan fingerprint density at radius 1 is 1.63 bits per heavy atom. The van der Waals surface area contributed by atoms with Gasteiger partial charge in [0.05, 0.1) is 5.69 Å². The lowest BCUT2D eigenvalue weighted by atomic mass is 10.1. The Kier molecular flexibility index (Phi) is 4.54. The number of thiazole rings is 1. The van der Waals surface area contributed by atoms with Crippen molar-refractivity contribution in [2.45, 2.75) is 33.4 Å². The fourth-order valence-electron chi connectivity index (χ4n) is 2.44. The van der Waals surface area contributed by atoms with Crippen molar-refractivity contribution >= 4 is 22.4 Å². The molecule has 2 unspecified atom stereocenters. The van der Waals surface area contributed by atoms with Crippen molar-refractivity contribution in [1.82, 2.24) is 9.88 Å². The highest BCUT2D eigenvalue weighted by molar-refractivity contribution is 7.14. The van der Waals surface area contributed by atoms with Crippen LogP contribution in [-0.4, -0.2) is 41.5 Å². The fourth-order valence-corrected chi connectivity index (χ4v) is 3.36. The zero-order valence-electron chi connectivity index (χ0n) is 11.8. The van der Waals surface area contributed by atoms with E-state index >= 15 is 0 Å². The maximum atomic E-state index is 11.5. The quantitative estimate of drug-likeness (QED) is 0.904. The van der Waals surface area contributed by atoms with Gasteiger partial charge in [0.25, 0.3) is 0 Å². The van der Waals surface area contributed by atoms with Crippen molar-refractivity contribution in [1.29, 1.82) is 0 Å². The first kappa shape index (κ1) is 14.4. The molecule has 1 aliphatic heterocycles. The smallest absolute Gasteiger partial charge is 0.225 e. The SMILES string of the molecule is CCN(C(C)=O)c1nc(CN2CC(C)C(N)C2)cs1. The van der Waals surface area contributed by atoms with E-state index in [9.17, 15) is 4.79 Å². The molecule has 5 nitrogen and oxygen atoms in total. The predicted molar refractivity (Wildman–Crippen MR) is 78.2 cm³/mol. The number of rotatable bonds is 4. The van der Waals surface area contributed by atoms with Crippen LogP contribution in [0.25, 0.3) is 0 Å². The number of nitrogens with zero attached hydrogens (tertiary/aromatic N) is 3. The summed E-state index contributed by atoms with van der Waals surface area (Å²) in [7, 11) is 0. The molecular formula is C13H22N4OS. The second-order valence-electron chi connectivity index (χ2n) is 5.22. The molecule has 2 rings (SSSR count). The van der Waals surface area contributed by atoms with Gasteiger partial charge in [-0.05, 0) is 12.8 Å². The van der Waals surface area contributed by atoms with Crippen LogP contribution in [0.4, 0.5) is 5.13 Å². The van der Waals surface area contributed by atoms with Gasteiger partial charge in [-0.15, -0.1) is 11.3 Å². The molecule has 19 heavy (non-hydrogen) atoms. The summed E-state index contributed by atoms with van der Waals surface area (Å²) in [5.41, 5.74) is 7.05. The van der Waals surface area contributed by atoms with Crippen LogP contribution < -0.4 is 10.6 Å². The van der Waals surface area contributed by atoms with E-state index in [1.807, 2.05) is 12.3 Å². The van der Waals surface area contributed by atoms with Gasteiger partial charge >= 0.3 is 0 Å². The molecule has 1 aromatic rings. The maximum absolute atomic E-state index is 11.5. The van der Waals surface area contributed by atoms with E-state index in [0.717, 1.165) is 30.5 Å². The van der Waals surface area contributed by atoms with Crippen molar-refractivity contribution < 1.29 is 4.79 Å². The summed E-state index contributed by atoms with van der Waals surface area (Å²) in [5, 5.41) is 2.83. The van der Waals surface area contributed by atoms with Crippen molar-refractivity contribution in [3.05, 3.63) is 11.1 Å². The summed E-state index contributed by atoms with van der Waals surface area (Å²) in [6.45, 7) is 9.16. The topological polar surface area (TPSA) is 62.5 Å². The van der Waals surface area contributed by atoms with E-state index in [0.29, 0.717) is 12.5 Å². The Bertz CT molecular complexity index is 438. The van der Waals surface area contributed by atoms with Crippen LogP contribution in [0, 0.1) is 5.92 Å². The van der Waals surface area contributed by atoms with Gasteiger partial charge in [0, 0.05) is 44.5 Å². The molecule has 1 aromatic heterocycles. The number of aromatic nitrogens is 1. The zero-order valence-corrected chi connectivity index (χ0v) is 12.6. The molecule has 106 valence electrons. The molecule has 2 atom stereocenters. The number of carbonyl (C=O) groups excluding carboxylic acids is 1. The van der Waals surface area contributed by atoms with Crippen molar-refractivity contribution in [2.24, 2.45) is 11.7 Å². The van der Waals surface area contributed by atoms with Crippen molar-refractivity contribution in [3.63, 3.8) is 0 Å². The molecule has 0 aromatic carbocycles.